The summed E-state index contributed by atoms with van der Waals surface area (Å²) < 4.78 is 5.27. The van der Waals surface area contributed by atoms with Crippen molar-refractivity contribution in [3.8, 4) is 0 Å². The van der Waals surface area contributed by atoms with Gasteiger partial charge >= 0.3 is 6.09 Å². The van der Waals surface area contributed by atoms with Crippen molar-refractivity contribution < 1.29 is 19.7 Å². The molecule has 0 aromatic carbocycles. The fraction of sp³-hybridized carbons (Fsp3) is 0.643. The average Bonchev–Trinajstić information content (AvgIpc) is 2.71. The highest BCUT2D eigenvalue weighted by atomic mass is 32.1. The molecular formula is C14H21NO4S. The van der Waals surface area contributed by atoms with E-state index in [-0.39, 0.29) is 19.7 Å². The van der Waals surface area contributed by atoms with Crippen LogP contribution in [0.15, 0.2) is 11.4 Å². The van der Waals surface area contributed by atoms with Crippen molar-refractivity contribution in [1.82, 2.24) is 4.90 Å². The number of hydrogen-bond donors (Lipinski definition) is 2. The highest BCUT2D eigenvalue weighted by molar-refractivity contribution is 7.10. The van der Waals surface area contributed by atoms with E-state index in [4.69, 9.17) is 9.84 Å². The Morgan fingerprint density at radius 2 is 2.15 bits per heavy atom. The number of amides is 1. The number of hydrogen-bond acceptors (Lipinski definition) is 5. The molecule has 1 amide bonds. The van der Waals surface area contributed by atoms with Crippen LogP contribution in [0.4, 0.5) is 4.79 Å². The molecular weight excluding hydrogens is 278 g/mol. The van der Waals surface area contributed by atoms with Crippen LogP contribution in [0, 0.1) is 0 Å². The first-order chi connectivity index (χ1) is 9.25. The minimum absolute atomic E-state index is 0.0512. The van der Waals surface area contributed by atoms with Gasteiger partial charge in [0.05, 0.1) is 13.1 Å². The van der Waals surface area contributed by atoms with E-state index in [1.54, 1.807) is 0 Å². The molecule has 2 heterocycles. The summed E-state index contributed by atoms with van der Waals surface area (Å²) in [5.41, 5.74) is -0.588. The largest absolute Gasteiger partial charge is 0.444 e. The van der Waals surface area contributed by atoms with E-state index in [1.807, 2.05) is 32.2 Å². The molecule has 0 unspecified atom stereocenters. The topological polar surface area (TPSA) is 70.0 Å². The number of aliphatic hydroxyl groups excluding tert-OH is 1. The van der Waals surface area contributed by atoms with Gasteiger partial charge in [0.1, 0.15) is 11.2 Å². The van der Waals surface area contributed by atoms with Crippen LogP contribution in [-0.4, -0.2) is 46.5 Å². The number of aliphatic hydroxyl groups is 2. The van der Waals surface area contributed by atoms with Gasteiger partial charge in [0, 0.05) is 11.5 Å². The van der Waals surface area contributed by atoms with Crippen LogP contribution in [0.25, 0.3) is 0 Å². The predicted molar refractivity (Wildman–Crippen MR) is 76.8 cm³/mol. The molecule has 6 heteroatoms. The van der Waals surface area contributed by atoms with Gasteiger partial charge in [-0.25, -0.2) is 4.79 Å². The first kappa shape index (κ1) is 15.3. The van der Waals surface area contributed by atoms with Crippen molar-refractivity contribution in [3.63, 3.8) is 0 Å². The number of ether oxygens (including phenoxy) is 1. The van der Waals surface area contributed by atoms with Gasteiger partial charge < -0.3 is 19.8 Å². The second-order valence-corrected chi connectivity index (χ2v) is 7.03. The van der Waals surface area contributed by atoms with Crippen LogP contribution in [0.1, 0.15) is 31.2 Å². The SMILES string of the molecule is CC(C)(C)OC(=O)N1CC(O)(c2sccc2CCO)C1. The Morgan fingerprint density at radius 1 is 1.50 bits per heavy atom. The summed E-state index contributed by atoms with van der Waals surface area (Å²) >= 11 is 1.46. The maximum absolute atomic E-state index is 11.9. The van der Waals surface area contributed by atoms with Gasteiger partial charge in [-0.05, 0) is 44.2 Å². The zero-order valence-corrected chi connectivity index (χ0v) is 12.9. The van der Waals surface area contributed by atoms with Crippen molar-refractivity contribution in [2.24, 2.45) is 0 Å². The smallest absolute Gasteiger partial charge is 0.410 e. The average molecular weight is 299 g/mol. The maximum atomic E-state index is 11.9. The molecule has 1 fully saturated rings. The molecule has 1 aromatic heterocycles. The summed E-state index contributed by atoms with van der Waals surface area (Å²) in [6, 6.07) is 1.91. The predicted octanol–water partition coefficient (Wildman–Crippen LogP) is 1.72. The monoisotopic (exact) mass is 299 g/mol. The fourth-order valence-electron chi connectivity index (χ4n) is 2.25. The van der Waals surface area contributed by atoms with Gasteiger partial charge in [-0.2, -0.15) is 0 Å². The lowest BCUT2D eigenvalue weighted by Gasteiger charge is -2.46. The van der Waals surface area contributed by atoms with Crippen molar-refractivity contribution in [3.05, 3.63) is 21.9 Å². The number of thiophene rings is 1. The quantitative estimate of drug-likeness (QED) is 0.891. The molecule has 2 rings (SSSR count). The van der Waals surface area contributed by atoms with Gasteiger partial charge in [0.2, 0.25) is 0 Å². The van der Waals surface area contributed by atoms with Crippen LogP contribution in [-0.2, 0) is 16.8 Å². The molecule has 0 bridgehead atoms. The van der Waals surface area contributed by atoms with Crippen molar-refractivity contribution >= 4 is 17.4 Å². The Bertz CT molecular complexity index is 486. The molecule has 1 aliphatic heterocycles. The Hall–Kier alpha value is -1.11. The van der Waals surface area contributed by atoms with Crippen molar-refractivity contribution in [2.45, 2.75) is 38.4 Å². The molecule has 0 aliphatic carbocycles. The van der Waals surface area contributed by atoms with E-state index >= 15 is 0 Å². The van der Waals surface area contributed by atoms with Gasteiger partial charge in [-0.3, -0.25) is 0 Å². The number of rotatable bonds is 3. The van der Waals surface area contributed by atoms with E-state index in [2.05, 4.69) is 0 Å². The minimum atomic E-state index is -1.00. The minimum Gasteiger partial charge on any atom is -0.444 e. The molecule has 20 heavy (non-hydrogen) atoms. The van der Waals surface area contributed by atoms with E-state index in [0.717, 1.165) is 10.4 Å². The molecule has 0 radical (unpaired) electrons. The second kappa shape index (κ2) is 5.35. The first-order valence-corrected chi connectivity index (χ1v) is 7.51. The summed E-state index contributed by atoms with van der Waals surface area (Å²) in [5.74, 6) is 0. The third-order valence-electron chi connectivity index (χ3n) is 3.11. The zero-order valence-electron chi connectivity index (χ0n) is 12.0. The Kier molecular flexibility index (Phi) is 4.09. The van der Waals surface area contributed by atoms with Crippen molar-refractivity contribution in [2.75, 3.05) is 19.7 Å². The number of carbonyl (C=O) groups excluding carboxylic acids is 1. The van der Waals surface area contributed by atoms with E-state index in [9.17, 15) is 9.90 Å². The van der Waals surface area contributed by atoms with Crippen LogP contribution >= 0.6 is 11.3 Å². The standard InChI is InChI=1S/C14H21NO4S/c1-13(2,3)19-12(17)15-8-14(18,9-15)11-10(4-6-16)5-7-20-11/h5,7,16,18H,4,6,8-9H2,1-3H3. The molecule has 112 valence electrons. The number of carbonyl (C=O) groups is 1. The first-order valence-electron chi connectivity index (χ1n) is 6.63. The van der Waals surface area contributed by atoms with E-state index in [1.165, 1.54) is 16.2 Å². The number of β-amino-alcohol motifs (C(OH)–C–C–N with tert-alkyl or cyclic N) is 1. The van der Waals surface area contributed by atoms with Gasteiger partial charge in [0.15, 0.2) is 0 Å². The fourth-order valence-corrected chi connectivity index (χ4v) is 3.28. The number of likely N-dealkylation sites (tertiary alicyclic amines) is 1. The lowest BCUT2D eigenvalue weighted by atomic mass is 9.90. The highest BCUT2D eigenvalue weighted by Gasteiger charge is 2.48. The molecule has 1 saturated heterocycles. The summed E-state index contributed by atoms with van der Waals surface area (Å²) in [5, 5.41) is 21.5. The van der Waals surface area contributed by atoms with Crippen LogP contribution in [0.2, 0.25) is 0 Å². The zero-order chi connectivity index (χ0) is 15.0. The summed E-state index contributed by atoms with van der Waals surface area (Å²) in [7, 11) is 0. The van der Waals surface area contributed by atoms with Crippen molar-refractivity contribution in [1.29, 1.82) is 0 Å². The van der Waals surface area contributed by atoms with Crippen LogP contribution in [0.5, 0.6) is 0 Å². The Labute approximate surface area is 122 Å². The van der Waals surface area contributed by atoms with Crippen LogP contribution < -0.4 is 0 Å². The van der Waals surface area contributed by atoms with Gasteiger partial charge in [-0.1, -0.05) is 0 Å². The van der Waals surface area contributed by atoms with Crippen LogP contribution in [0.3, 0.4) is 0 Å². The lowest BCUT2D eigenvalue weighted by Crippen LogP contribution is -2.61. The number of nitrogens with zero attached hydrogens (tertiary/aromatic N) is 1. The lowest BCUT2D eigenvalue weighted by molar-refractivity contribution is -0.101. The van der Waals surface area contributed by atoms with Gasteiger partial charge in [0.25, 0.3) is 0 Å². The molecule has 0 spiro atoms. The van der Waals surface area contributed by atoms with E-state index < -0.39 is 17.3 Å². The Balaban J connectivity index is 2.00. The van der Waals surface area contributed by atoms with E-state index in [0.29, 0.717) is 6.42 Å². The second-order valence-electron chi connectivity index (χ2n) is 6.12. The molecule has 1 aromatic rings. The summed E-state index contributed by atoms with van der Waals surface area (Å²) in [6.07, 6.45) is 0.121. The molecule has 1 aliphatic rings. The summed E-state index contributed by atoms with van der Waals surface area (Å²) in [6.45, 7) is 5.97. The van der Waals surface area contributed by atoms with Gasteiger partial charge in [-0.15, -0.1) is 11.3 Å². The Morgan fingerprint density at radius 3 is 2.70 bits per heavy atom. The molecule has 0 atom stereocenters. The summed E-state index contributed by atoms with van der Waals surface area (Å²) in [4.78, 5) is 14.2. The molecule has 0 saturated carbocycles. The molecule has 5 nitrogen and oxygen atoms in total. The third-order valence-corrected chi connectivity index (χ3v) is 4.26. The molecule has 2 N–H and O–H groups in total. The third kappa shape index (κ3) is 3.13. The normalized spacial score (nSPS) is 17.8. The highest BCUT2D eigenvalue weighted by Crippen LogP contribution is 2.38. The maximum Gasteiger partial charge on any atom is 0.410 e.